The Bertz CT molecular complexity index is 235. The Morgan fingerprint density at radius 1 is 1.17 bits per heavy atom. The Balaban J connectivity index is 1.83. The molecule has 0 aliphatic carbocycles. The summed E-state index contributed by atoms with van der Waals surface area (Å²) in [6, 6.07) is 0. The molecule has 2 aliphatic rings. The molecule has 0 unspecified atom stereocenters. The molecular weight excluding hydrogens is 228 g/mol. The maximum Gasteiger partial charge on any atom is 0.0608 e. The number of rotatable bonds is 5. The van der Waals surface area contributed by atoms with E-state index < -0.39 is 0 Å². The quantitative estimate of drug-likeness (QED) is 0.727. The Labute approximate surface area is 111 Å². The summed E-state index contributed by atoms with van der Waals surface area (Å²) in [4.78, 5) is 2.55. The first kappa shape index (κ1) is 14.2. The zero-order chi connectivity index (χ0) is 12.8. The molecule has 0 radical (unpaired) electrons. The Morgan fingerprint density at radius 2 is 1.83 bits per heavy atom. The van der Waals surface area contributed by atoms with E-state index in [1.807, 2.05) is 0 Å². The molecule has 0 aromatic rings. The van der Waals surface area contributed by atoms with Crippen LogP contribution in [-0.2, 0) is 4.74 Å². The zero-order valence-electron chi connectivity index (χ0n) is 11.7. The maximum absolute atomic E-state index is 6.04. The van der Waals surface area contributed by atoms with Crippen LogP contribution in [0.1, 0.15) is 26.2 Å². The van der Waals surface area contributed by atoms with Gasteiger partial charge in [-0.2, -0.15) is 0 Å². The number of ether oxygens (including phenoxy) is 1. The third-order valence-electron chi connectivity index (χ3n) is 4.15. The van der Waals surface area contributed by atoms with Crippen molar-refractivity contribution in [3.8, 4) is 0 Å². The number of piperidine rings is 1. The summed E-state index contributed by atoms with van der Waals surface area (Å²) < 4.78 is 5.38. The van der Waals surface area contributed by atoms with Crippen LogP contribution in [-0.4, -0.2) is 67.9 Å². The SMILES string of the molecule is CCCN1CCC(CN)(NN2CCOCC2)CC1. The Morgan fingerprint density at radius 3 is 2.39 bits per heavy atom. The van der Waals surface area contributed by atoms with Crippen LogP contribution in [0.4, 0.5) is 0 Å². The highest BCUT2D eigenvalue weighted by Crippen LogP contribution is 2.22. The topological polar surface area (TPSA) is 53.8 Å². The minimum Gasteiger partial charge on any atom is -0.379 e. The first-order valence-electron chi connectivity index (χ1n) is 7.31. The van der Waals surface area contributed by atoms with Crippen molar-refractivity contribution in [3.63, 3.8) is 0 Å². The van der Waals surface area contributed by atoms with Crippen LogP contribution in [0.3, 0.4) is 0 Å². The third kappa shape index (κ3) is 3.65. The number of likely N-dealkylation sites (tertiary alicyclic amines) is 1. The van der Waals surface area contributed by atoms with Crippen LogP contribution in [0.15, 0.2) is 0 Å². The van der Waals surface area contributed by atoms with Crippen LogP contribution >= 0.6 is 0 Å². The van der Waals surface area contributed by atoms with Gasteiger partial charge < -0.3 is 15.4 Å². The smallest absolute Gasteiger partial charge is 0.0608 e. The molecular formula is C13H28N4O. The van der Waals surface area contributed by atoms with E-state index in [1.54, 1.807) is 0 Å². The van der Waals surface area contributed by atoms with Gasteiger partial charge >= 0.3 is 0 Å². The lowest BCUT2D eigenvalue weighted by atomic mass is 9.88. The van der Waals surface area contributed by atoms with Crippen LogP contribution in [0.5, 0.6) is 0 Å². The summed E-state index contributed by atoms with van der Waals surface area (Å²) in [6.07, 6.45) is 3.55. The minimum absolute atomic E-state index is 0.113. The summed E-state index contributed by atoms with van der Waals surface area (Å²) in [5.41, 5.74) is 9.83. The van der Waals surface area contributed by atoms with E-state index >= 15 is 0 Å². The van der Waals surface area contributed by atoms with Gasteiger partial charge in [0.15, 0.2) is 0 Å². The molecule has 0 bridgehead atoms. The van der Waals surface area contributed by atoms with E-state index in [1.165, 1.54) is 26.1 Å². The van der Waals surface area contributed by atoms with E-state index in [0.717, 1.165) is 45.7 Å². The van der Waals surface area contributed by atoms with Gasteiger partial charge in [0.1, 0.15) is 0 Å². The van der Waals surface area contributed by atoms with Gasteiger partial charge in [-0.25, -0.2) is 10.4 Å². The molecule has 2 aliphatic heterocycles. The molecule has 18 heavy (non-hydrogen) atoms. The molecule has 3 N–H and O–H groups in total. The van der Waals surface area contributed by atoms with Crippen molar-refractivity contribution in [2.45, 2.75) is 31.7 Å². The second-order valence-corrected chi connectivity index (χ2v) is 5.54. The molecule has 0 aromatic carbocycles. The summed E-state index contributed by atoms with van der Waals surface area (Å²) >= 11 is 0. The predicted octanol–water partition coefficient (Wildman–Crippen LogP) is 0.0265. The molecule has 5 nitrogen and oxygen atoms in total. The highest BCUT2D eigenvalue weighted by molar-refractivity contribution is 4.93. The fourth-order valence-corrected chi connectivity index (χ4v) is 2.89. The molecule has 106 valence electrons. The number of nitrogens with zero attached hydrogens (tertiary/aromatic N) is 2. The average molecular weight is 256 g/mol. The van der Waals surface area contributed by atoms with Gasteiger partial charge in [-0.05, 0) is 38.9 Å². The van der Waals surface area contributed by atoms with Crippen LogP contribution in [0, 0.1) is 0 Å². The highest BCUT2D eigenvalue weighted by atomic mass is 16.5. The molecule has 2 fully saturated rings. The van der Waals surface area contributed by atoms with Gasteiger partial charge in [-0.1, -0.05) is 6.92 Å². The van der Waals surface area contributed by atoms with Crippen molar-refractivity contribution in [2.75, 3.05) is 52.5 Å². The van der Waals surface area contributed by atoms with Crippen molar-refractivity contribution >= 4 is 0 Å². The Kier molecular flexibility index (Phi) is 5.38. The van der Waals surface area contributed by atoms with Gasteiger partial charge in [0.2, 0.25) is 0 Å². The van der Waals surface area contributed by atoms with E-state index in [9.17, 15) is 0 Å². The minimum atomic E-state index is 0.113. The number of hydrazine groups is 1. The van der Waals surface area contributed by atoms with Crippen molar-refractivity contribution in [1.29, 1.82) is 0 Å². The van der Waals surface area contributed by atoms with Crippen molar-refractivity contribution in [2.24, 2.45) is 5.73 Å². The summed E-state index contributed by atoms with van der Waals surface area (Å²) in [5, 5.41) is 2.30. The first-order valence-corrected chi connectivity index (χ1v) is 7.31. The predicted molar refractivity (Wildman–Crippen MR) is 73.3 cm³/mol. The zero-order valence-corrected chi connectivity index (χ0v) is 11.7. The first-order chi connectivity index (χ1) is 8.78. The standard InChI is InChI=1S/C13H28N4O/c1-2-5-16-6-3-13(12-14,4-7-16)15-17-8-10-18-11-9-17/h15H,2-12,14H2,1H3. The van der Waals surface area contributed by atoms with Gasteiger partial charge in [-0.15, -0.1) is 0 Å². The van der Waals surface area contributed by atoms with Gasteiger partial charge in [0.25, 0.3) is 0 Å². The van der Waals surface area contributed by atoms with Crippen molar-refractivity contribution < 1.29 is 4.74 Å². The molecule has 0 saturated carbocycles. The molecule has 5 heteroatoms. The lowest BCUT2D eigenvalue weighted by Gasteiger charge is -2.45. The molecule has 0 amide bonds. The van der Waals surface area contributed by atoms with Crippen LogP contribution in [0.2, 0.25) is 0 Å². The fraction of sp³-hybridized carbons (Fsp3) is 1.00. The number of nitrogens with one attached hydrogen (secondary N) is 1. The summed E-state index contributed by atoms with van der Waals surface area (Å²) in [5.74, 6) is 0. The van der Waals surface area contributed by atoms with Crippen LogP contribution in [0.25, 0.3) is 0 Å². The number of hydrogen-bond acceptors (Lipinski definition) is 5. The lowest BCUT2D eigenvalue weighted by molar-refractivity contribution is -0.0242. The molecule has 0 spiro atoms. The number of nitrogens with two attached hydrogens (primary N) is 1. The van der Waals surface area contributed by atoms with E-state index in [-0.39, 0.29) is 5.54 Å². The van der Waals surface area contributed by atoms with Crippen molar-refractivity contribution in [1.82, 2.24) is 15.3 Å². The highest BCUT2D eigenvalue weighted by Gasteiger charge is 2.34. The number of hydrogen-bond donors (Lipinski definition) is 2. The van der Waals surface area contributed by atoms with Gasteiger partial charge in [-0.3, -0.25) is 0 Å². The van der Waals surface area contributed by atoms with Gasteiger partial charge in [0, 0.05) is 25.2 Å². The van der Waals surface area contributed by atoms with E-state index in [0.29, 0.717) is 0 Å². The second kappa shape index (κ2) is 6.82. The normalized spacial score (nSPS) is 26.3. The fourth-order valence-electron chi connectivity index (χ4n) is 2.89. The molecule has 0 aromatic heterocycles. The largest absolute Gasteiger partial charge is 0.379 e. The third-order valence-corrected chi connectivity index (χ3v) is 4.15. The summed E-state index contributed by atoms with van der Waals surface area (Å²) in [7, 11) is 0. The maximum atomic E-state index is 6.04. The molecule has 2 heterocycles. The van der Waals surface area contributed by atoms with Crippen LogP contribution < -0.4 is 11.2 Å². The molecule has 2 rings (SSSR count). The van der Waals surface area contributed by atoms with Crippen molar-refractivity contribution in [3.05, 3.63) is 0 Å². The average Bonchev–Trinajstić information content (AvgIpc) is 2.43. The van der Waals surface area contributed by atoms with E-state index in [2.05, 4.69) is 22.3 Å². The van der Waals surface area contributed by atoms with E-state index in [4.69, 9.17) is 10.5 Å². The monoisotopic (exact) mass is 256 g/mol. The molecule has 0 atom stereocenters. The second-order valence-electron chi connectivity index (χ2n) is 5.54. The molecule has 2 saturated heterocycles. The Hall–Kier alpha value is -0.200. The summed E-state index contributed by atoms with van der Waals surface area (Å²) in [6.45, 7) is 10.1. The lowest BCUT2D eigenvalue weighted by Crippen LogP contribution is -2.64. The number of morpholine rings is 1. The van der Waals surface area contributed by atoms with Gasteiger partial charge in [0.05, 0.1) is 13.2 Å².